The molecule has 0 aliphatic carbocycles. The number of amides is 2. The lowest BCUT2D eigenvalue weighted by Gasteiger charge is -2.15. The Kier molecular flexibility index (Phi) is 7.80. The van der Waals surface area contributed by atoms with E-state index in [1.165, 1.54) is 13.3 Å². The lowest BCUT2D eigenvalue weighted by atomic mass is 9.88. The van der Waals surface area contributed by atoms with Gasteiger partial charge in [-0.05, 0) is 58.2 Å². The van der Waals surface area contributed by atoms with Crippen molar-refractivity contribution in [1.29, 1.82) is 0 Å². The predicted molar refractivity (Wildman–Crippen MR) is 138 cm³/mol. The summed E-state index contributed by atoms with van der Waals surface area (Å²) in [4.78, 5) is 37.6. The second kappa shape index (κ2) is 11.2. The highest BCUT2D eigenvalue weighted by molar-refractivity contribution is 9.10. The molecular formula is C27H24BrN3O5. The molecule has 2 amide bonds. The van der Waals surface area contributed by atoms with Crippen LogP contribution in [0.15, 0.2) is 76.3 Å². The highest BCUT2D eigenvalue weighted by Gasteiger charge is 2.40. The van der Waals surface area contributed by atoms with Gasteiger partial charge in [-0.1, -0.05) is 48.0 Å². The minimum atomic E-state index is -0.880. The van der Waals surface area contributed by atoms with Gasteiger partial charge in [0.05, 0.1) is 23.4 Å². The molecule has 1 saturated heterocycles. The Bertz CT molecular complexity index is 1310. The number of hydrazone groups is 1. The van der Waals surface area contributed by atoms with E-state index in [2.05, 4.69) is 31.8 Å². The topological polar surface area (TPSA) is 106 Å². The summed E-state index contributed by atoms with van der Waals surface area (Å²) < 4.78 is 11.4. The van der Waals surface area contributed by atoms with Gasteiger partial charge in [-0.25, -0.2) is 10.2 Å². The lowest BCUT2D eigenvalue weighted by molar-refractivity contribution is -0.133. The first-order chi connectivity index (χ1) is 17.4. The summed E-state index contributed by atoms with van der Waals surface area (Å²) in [6.07, 6.45) is 1.42. The van der Waals surface area contributed by atoms with Gasteiger partial charge in [0.25, 0.3) is 5.91 Å². The summed E-state index contributed by atoms with van der Waals surface area (Å²) in [5.41, 5.74) is 5.38. The quantitative estimate of drug-likeness (QED) is 0.152. The Morgan fingerprint density at radius 1 is 1.11 bits per heavy atom. The molecule has 0 saturated carbocycles. The van der Waals surface area contributed by atoms with Gasteiger partial charge in [0.2, 0.25) is 5.91 Å². The van der Waals surface area contributed by atoms with E-state index in [1.807, 2.05) is 49.4 Å². The Morgan fingerprint density at radius 2 is 1.83 bits per heavy atom. The number of hydrogen-bond acceptors (Lipinski definition) is 6. The minimum absolute atomic E-state index is 0.220. The third-order valence-electron chi connectivity index (χ3n) is 5.81. The fourth-order valence-electron chi connectivity index (χ4n) is 3.93. The van der Waals surface area contributed by atoms with Gasteiger partial charge in [0.15, 0.2) is 11.5 Å². The summed E-state index contributed by atoms with van der Waals surface area (Å²) in [7, 11) is 1.45. The SMILES string of the molecule is COc1cc(/C=N/NC(=O)[C@@H]2C(=O)NC[C@H]2c2ccccc2)cc(Br)c1OC(=O)c1ccc(C)cc1. The van der Waals surface area contributed by atoms with E-state index in [0.29, 0.717) is 27.9 Å². The largest absolute Gasteiger partial charge is 0.493 e. The number of hydrogen-bond donors (Lipinski definition) is 2. The summed E-state index contributed by atoms with van der Waals surface area (Å²) in [6.45, 7) is 2.32. The molecule has 3 aromatic carbocycles. The standard InChI is InChI=1S/C27H24BrN3O5/c1-16-8-10-19(11-9-16)27(34)36-24-21(28)12-17(13-22(24)35-2)14-30-31-26(33)23-20(15-29-25(23)32)18-6-4-3-5-7-18/h3-14,20,23H,15H2,1-2H3,(H,29,32)(H,31,33)/b30-14+/t20-,23-/m0/s1. The van der Waals surface area contributed by atoms with E-state index in [0.717, 1.165) is 11.1 Å². The molecule has 184 valence electrons. The van der Waals surface area contributed by atoms with Gasteiger partial charge in [-0.3, -0.25) is 9.59 Å². The number of carbonyl (C=O) groups is 3. The van der Waals surface area contributed by atoms with Crippen LogP contribution in [0.5, 0.6) is 11.5 Å². The highest BCUT2D eigenvalue weighted by Crippen LogP contribution is 2.37. The molecule has 1 aliphatic rings. The monoisotopic (exact) mass is 549 g/mol. The minimum Gasteiger partial charge on any atom is -0.493 e. The van der Waals surface area contributed by atoms with Crippen molar-refractivity contribution in [3.05, 3.63) is 93.5 Å². The van der Waals surface area contributed by atoms with Gasteiger partial charge in [0.1, 0.15) is 5.92 Å². The number of esters is 1. The molecule has 1 fully saturated rings. The molecule has 2 N–H and O–H groups in total. The molecule has 8 nitrogen and oxygen atoms in total. The molecule has 0 radical (unpaired) electrons. The van der Waals surface area contributed by atoms with Crippen molar-refractivity contribution in [1.82, 2.24) is 10.7 Å². The van der Waals surface area contributed by atoms with Gasteiger partial charge in [-0.15, -0.1) is 0 Å². The molecule has 2 atom stereocenters. The number of carbonyl (C=O) groups excluding carboxylic acids is 3. The smallest absolute Gasteiger partial charge is 0.343 e. The van der Waals surface area contributed by atoms with Gasteiger partial charge >= 0.3 is 5.97 Å². The van der Waals surface area contributed by atoms with E-state index in [4.69, 9.17) is 9.47 Å². The second-order valence-electron chi connectivity index (χ2n) is 8.26. The van der Waals surface area contributed by atoms with Crippen molar-refractivity contribution in [2.24, 2.45) is 11.0 Å². The maximum absolute atomic E-state index is 12.8. The van der Waals surface area contributed by atoms with E-state index < -0.39 is 17.8 Å². The molecule has 9 heteroatoms. The number of aryl methyl sites for hydroxylation is 1. The van der Waals surface area contributed by atoms with Crippen molar-refractivity contribution in [2.75, 3.05) is 13.7 Å². The molecule has 0 bridgehead atoms. The normalized spacial score (nSPS) is 17.0. The third-order valence-corrected chi connectivity index (χ3v) is 6.40. The summed E-state index contributed by atoms with van der Waals surface area (Å²) in [6, 6.07) is 19.7. The number of rotatable bonds is 7. The van der Waals surface area contributed by atoms with E-state index in [-0.39, 0.29) is 17.6 Å². The zero-order valence-electron chi connectivity index (χ0n) is 19.7. The molecule has 0 spiro atoms. The molecular weight excluding hydrogens is 526 g/mol. The number of methoxy groups -OCH3 is 1. The van der Waals surface area contributed by atoms with Crippen LogP contribution in [-0.2, 0) is 9.59 Å². The Labute approximate surface area is 216 Å². The van der Waals surface area contributed by atoms with Crippen molar-refractivity contribution in [3.8, 4) is 11.5 Å². The molecule has 0 aromatic heterocycles. The lowest BCUT2D eigenvalue weighted by Crippen LogP contribution is -2.34. The first-order valence-corrected chi connectivity index (χ1v) is 12.0. The van der Waals surface area contributed by atoms with Crippen LogP contribution in [0.25, 0.3) is 0 Å². The molecule has 36 heavy (non-hydrogen) atoms. The zero-order valence-corrected chi connectivity index (χ0v) is 21.2. The average molecular weight is 550 g/mol. The average Bonchev–Trinajstić information content (AvgIpc) is 3.27. The van der Waals surface area contributed by atoms with Crippen LogP contribution in [0, 0.1) is 12.8 Å². The van der Waals surface area contributed by atoms with Gasteiger partial charge in [0, 0.05) is 12.5 Å². The van der Waals surface area contributed by atoms with Crippen molar-refractivity contribution < 1.29 is 23.9 Å². The highest BCUT2D eigenvalue weighted by atomic mass is 79.9. The maximum atomic E-state index is 12.8. The second-order valence-corrected chi connectivity index (χ2v) is 9.12. The fourth-order valence-corrected chi connectivity index (χ4v) is 4.47. The van der Waals surface area contributed by atoms with Crippen molar-refractivity contribution >= 4 is 39.9 Å². The molecule has 3 aromatic rings. The van der Waals surface area contributed by atoms with Crippen LogP contribution < -0.4 is 20.2 Å². The van der Waals surface area contributed by atoms with Crippen molar-refractivity contribution in [3.63, 3.8) is 0 Å². The zero-order chi connectivity index (χ0) is 25.7. The van der Waals surface area contributed by atoms with Crippen molar-refractivity contribution in [2.45, 2.75) is 12.8 Å². The van der Waals surface area contributed by atoms with Crippen LogP contribution in [0.1, 0.15) is 33.0 Å². The number of benzene rings is 3. The molecule has 1 heterocycles. The number of nitrogens with zero attached hydrogens (tertiary/aromatic N) is 1. The van der Waals surface area contributed by atoms with E-state index in [1.54, 1.807) is 24.3 Å². The number of nitrogens with one attached hydrogen (secondary N) is 2. The van der Waals surface area contributed by atoms with Gasteiger partial charge in [-0.2, -0.15) is 5.10 Å². The van der Waals surface area contributed by atoms with Crippen LogP contribution in [0.4, 0.5) is 0 Å². The van der Waals surface area contributed by atoms with Crippen LogP contribution in [0.2, 0.25) is 0 Å². The van der Waals surface area contributed by atoms with Gasteiger partial charge < -0.3 is 14.8 Å². The van der Waals surface area contributed by atoms with Crippen LogP contribution in [0.3, 0.4) is 0 Å². The summed E-state index contributed by atoms with van der Waals surface area (Å²) in [5, 5.41) is 6.77. The molecule has 4 rings (SSSR count). The number of halogens is 1. The fraction of sp³-hybridized carbons (Fsp3) is 0.185. The summed E-state index contributed by atoms with van der Waals surface area (Å²) >= 11 is 3.41. The molecule has 1 aliphatic heterocycles. The van der Waals surface area contributed by atoms with E-state index >= 15 is 0 Å². The Hall–Kier alpha value is -3.98. The first kappa shape index (κ1) is 25.1. The first-order valence-electron chi connectivity index (χ1n) is 11.2. The molecule has 0 unspecified atom stereocenters. The van der Waals surface area contributed by atoms with Crippen LogP contribution >= 0.6 is 15.9 Å². The Balaban J connectivity index is 1.46. The Morgan fingerprint density at radius 3 is 2.53 bits per heavy atom. The maximum Gasteiger partial charge on any atom is 0.343 e. The predicted octanol–water partition coefficient (Wildman–Crippen LogP) is 3.97. The van der Waals surface area contributed by atoms with Crippen LogP contribution in [-0.4, -0.2) is 37.7 Å². The summed E-state index contributed by atoms with van der Waals surface area (Å²) in [5.74, 6) is -1.98. The third kappa shape index (κ3) is 5.63. The number of ether oxygens (including phenoxy) is 2. The van der Waals surface area contributed by atoms with E-state index in [9.17, 15) is 14.4 Å².